The van der Waals surface area contributed by atoms with Crippen LogP contribution >= 0.6 is 0 Å². The molecule has 1 aliphatic heterocycles. The zero-order chi connectivity index (χ0) is 14.8. The number of aryl methyl sites for hydroxylation is 3. The van der Waals surface area contributed by atoms with Crippen molar-refractivity contribution in [1.29, 1.82) is 0 Å². The summed E-state index contributed by atoms with van der Waals surface area (Å²) in [5.41, 5.74) is 2.72. The first kappa shape index (κ1) is 15.5. The van der Waals surface area contributed by atoms with Crippen LogP contribution in [0.15, 0.2) is 17.0 Å². The van der Waals surface area contributed by atoms with Gasteiger partial charge in [-0.2, -0.15) is 0 Å². The van der Waals surface area contributed by atoms with Gasteiger partial charge in [0.2, 0.25) is 10.0 Å². The fourth-order valence-corrected chi connectivity index (χ4v) is 4.53. The van der Waals surface area contributed by atoms with Crippen molar-refractivity contribution in [3.05, 3.63) is 28.8 Å². The highest BCUT2D eigenvalue weighted by molar-refractivity contribution is 7.89. The van der Waals surface area contributed by atoms with Gasteiger partial charge in [-0.05, 0) is 57.7 Å². The zero-order valence-electron chi connectivity index (χ0n) is 12.5. The maximum absolute atomic E-state index is 12.4. The first-order valence-corrected chi connectivity index (χ1v) is 8.69. The van der Waals surface area contributed by atoms with Crippen LogP contribution in [0.25, 0.3) is 0 Å². The Bertz CT molecular complexity index is 553. The first-order chi connectivity index (χ1) is 9.40. The van der Waals surface area contributed by atoms with Gasteiger partial charge in [0.25, 0.3) is 0 Å². The van der Waals surface area contributed by atoms with Gasteiger partial charge < -0.3 is 5.32 Å². The SMILES string of the molecule is Cc1cc(C)c(S(=O)(=O)NCC[C@H]2CCCN2)c(C)c1. The van der Waals surface area contributed by atoms with Crippen LogP contribution in [0.1, 0.15) is 36.0 Å². The predicted octanol–water partition coefficient (Wildman–Crippen LogP) is 2.03. The summed E-state index contributed by atoms with van der Waals surface area (Å²) in [5, 5.41) is 3.38. The number of hydrogen-bond acceptors (Lipinski definition) is 3. The standard InChI is InChI=1S/C15H24N2O2S/c1-11-9-12(2)15(13(3)10-11)20(18,19)17-8-6-14-5-4-7-16-14/h9-10,14,16-17H,4-8H2,1-3H3/t14-/m1/s1. The quantitative estimate of drug-likeness (QED) is 0.874. The molecule has 0 aliphatic carbocycles. The number of benzene rings is 1. The smallest absolute Gasteiger partial charge is 0.241 e. The molecule has 0 saturated carbocycles. The molecule has 1 atom stereocenters. The molecule has 1 aromatic carbocycles. The van der Waals surface area contributed by atoms with E-state index in [1.165, 1.54) is 6.42 Å². The van der Waals surface area contributed by atoms with E-state index in [4.69, 9.17) is 0 Å². The largest absolute Gasteiger partial charge is 0.314 e. The molecule has 1 heterocycles. The van der Waals surface area contributed by atoms with Gasteiger partial charge in [0.1, 0.15) is 0 Å². The van der Waals surface area contributed by atoms with Crippen molar-refractivity contribution in [3.8, 4) is 0 Å². The lowest BCUT2D eigenvalue weighted by atomic mass is 10.1. The lowest BCUT2D eigenvalue weighted by Gasteiger charge is -2.14. The van der Waals surface area contributed by atoms with Crippen LogP contribution in [0.4, 0.5) is 0 Å². The molecule has 0 amide bonds. The van der Waals surface area contributed by atoms with Crippen LogP contribution in [0.5, 0.6) is 0 Å². The van der Waals surface area contributed by atoms with E-state index in [-0.39, 0.29) is 0 Å². The van der Waals surface area contributed by atoms with Crippen molar-refractivity contribution in [2.75, 3.05) is 13.1 Å². The molecule has 2 rings (SSSR count). The lowest BCUT2D eigenvalue weighted by Crippen LogP contribution is -2.31. The van der Waals surface area contributed by atoms with Crippen molar-refractivity contribution in [2.24, 2.45) is 0 Å². The molecular formula is C15H24N2O2S. The number of sulfonamides is 1. The van der Waals surface area contributed by atoms with Gasteiger partial charge in [0.05, 0.1) is 4.90 Å². The highest BCUT2D eigenvalue weighted by atomic mass is 32.2. The number of rotatable bonds is 5. The van der Waals surface area contributed by atoms with Crippen LogP contribution in [-0.2, 0) is 10.0 Å². The molecular weight excluding hydrogens is 272 g/mol. The van der Waals surface area contributed by atoms with Gasteiger partial charge in [-0.25, -0.2) is 13.1 Å². The van der Waals surface area contributed by atoms with Gasteiger partial charge in [-0.3, -0.25) is 0 Å². The fourth-order valence-electron chi connectivity index (χ4n) is 3.03. The summed E-state index contributed by atoms with van der Waals surface area (Å²) in [5.74, 6) is 0. The molecule has 0 radical (unpaired) electrons. The third kappa shape index (κ3) is 3.59. The topological polar surface area (TPSA) is 58.2 Å². The van der Waals surface area contributed by atoms with Crippen LogP contribution in [-0.4, -0.2) is 27.5 Å². The van der Waals surface area contributed by atoms with Crippen LogP contribution in [0.3, 0.4) is 0 Å². The summed E-state index contributed by atoms with van der Waals surface area (Å²) in [7, 11) is -3.41. The Morgan fingerprint density at radius 3 is 2.45 bits per heavy atom. The Hall–Kier alpha value is -0.910. The van der Waals surface area contributed by atoms with E-state index in [0.29, 0.717) is 17.5 Å². The molecule has 0 unspecified atom stereocenters. The van der Waals surface area contributed by atoms with E-state index in [2.05, 4.69) is 10.0 Å². The number of nitrogens with one attached hydrogen (secondary N) is 2. The summed E-state index contributed by atoms with van der Waals surface area (Å²) in [6.45, 7) is 7.23. The normalized spacial score (nSPS) is 19.4. The van der Waals surface area contributed by atoms with Crippen molar-refractivity contribution in [1.82, 2.24) is 10.0 Å². The van der Waals surface area contributed by atoms with Crippen molar-refractivity contribution in [3.63, 3.8) is 0 Å². The van der Waals surface area contributed by atoms with Crippen molar-refractivity contribution >= 4 is 10.0 Å². The van der Waals surface area contributed by atoms with E-state index in [0.717, 1.165) is 36.1 Å². The van der Waals surface area contributed by atoms with Gasteiger partial charge in [0.15, 0.2) is 0 Å². The molecule has 112 valence electrons. The zero-order valence-corrected chi connectivity index (χ0v) is 13.3. The predicted molar refractivity (Wildman–Crippen MR) is 81.5 cm³/mol. The fraction of sp³-hybridized carbons (Fsp3) is 0.600. The Labute approximate surface area is 122 Å². The van der Waals surface area contributed by atoms with E-state index in [1.807, 2.05) is 32.9 Å². The second kappa shape index (κ2) is 6.24. The van der Waals surface area contributed by atoms with Gasteiger partial charge in [0, 0.05) is 12.6 Å². The third-order valence-corrected chi connectivity index (χ3v) is 5.59. The first-order valence-electron chi connectivity index (χ1n) is 7.21. The molecule has 20 heavy (non-hydrogen) atoms. The Morgan fingerprint density at radius 1 is 1.25 bits per heavy atom. The molecule has 1 fully saturated rings. The Balaban J connectivity index is 2.06. The van der Waals surface area contributed by atoms with E-state index < -0.39 is 10.0 Å². The maximum atomic E-state index is 12.4. The highest BCUT2D eigenvalue weighted by Crippen LogP contribution is 2.21. The van der Waals surface area contributed by atoms with E-state index in [1.54, 1.807) is 0 Å². The van der Waals surface area contributed by atoms with Crippen molar-refractivity contribution < 1.29 is 8.42 Å². The minimum Gasteiger partial charge on any atom is -0.314 e. The molecule has 0 aromatic heterocycles. The minimum atomic E-state index is -3.41. The van der Waals surface area contributed by atoms with Crippen LogP contribution in [0.2, 0.25) is 0 Å². The molecule has 1 saturated heterocycles. The monoisotopic (exact) mass is 296 g/mol. The molecule has 2 N–H and O–H groups in total. The van der Waals surface area contributed by atoms with E-state index >= 15 is 0 Å². The molecule has 0 bridgehead atoms. The minimum absolute atomic E-state index is 0.433. The Morgan fingerprint density at radius 2 is 1.90 bits per heavy atom. The summed E-state index contributed by atoms with van der Waals surface area (Å²) >= 11 is 0. The molecule has 0 spiro atoms. The van der Waals surface area contributed by atoms with Crippen LogP contribution in [0, 0.1) is 20.8 Å². The average molecular weight is 296 g/mol. The van der Waals surface area contributed by atoms with Crippen molar-refractivity contribution in [2.45, 2.75) is 51.0 Å². The highest BCUT2D eigenvalue weighted by Gasteiger charge is 2.20. The summed E-state index contributed by atoms with van der Waals surface area (Å²) < 4.78 is 27.6. The number of hydrogen-bond donors (Lipinski definition) is 2. The summed E-state index contributed by atoms with van der Waals surface area (Å²) in [6, 6.07) is 4.29. The molecule has 5 heteroatoms. The molecule has 1 aliphatic rings. The summed E-state index contributed by atoms with van der Waals surface area (Å²) in [4.78, 5) is 0.433. The average Bonchev–Trinajstić information content (AvgIpc) is 2.79. The van der Waals surface area contributed by atoms with E-state index in [9.17, 15) is 8.42 Å². The lowest BCUT2D eigenvalue weighted by molar-refractivity contribution is 0.539. The van der Waals surface area contributed by atoms with Gasteiger partial charge in [-0.15, -0.1) is 0 Å². The molecule has 1 aromatic rings. The second-order valence-electron chi connectivity index (χ2n) is 5.71. The summed E-state index contributed by atoms with van der Waals surface area (Å²) in [6.07, 6.45) is 3.18. The van der Waals surface area contributed by atoms with Crippen LogP contribution < -0.4 is 10.0 Å². The molecule has 4 nitrogen and oxygen atoms in total. The van der Waals surface area contributed by atoms with Gasteiger partial charge in [-0.1, -0.05) is 17.7 Å². The third-order valence-electron chi connectivity index (χ3n) is 3.82. The Kier molecular flexibility index (Phi) is 4.83. The van der Waals surface area contributed by atoms with Gasteiger partial charge >= 0.3 is 0 Å². The second-order valence-corrected chi connectivity index (χ2v) is 7.41. The maximum Gasteiger partial charge on any atom is 0.241 e.